The van der Waals surface area contributed by atoms with Gasteiger partial charge in [0.1, 0.15) is 0 Å². The van der Waals surface area contributed by atoms with Gasteiger partial charge >= 0.3 is 0 Å². The number of benzene rings is 2. The number of hydrogen-bond acceptors (Lipinski definition) is 4. The summed E-state index contributed by atoms with van der Waals surface area (Å²) >= 11 is 0. The maximum Gasteiger partial charge on any atom is 0.0716 e. The molecule has 2 nitrogen and oxygen atoms in total. The fraction of sp³-hybridized carbons (Fsp3) is 0.500. The fourth-order valence-electron chi connectivity index (χ4n) is 2.76. The van der Waals surface area contributed by atoms with Crippen molar-refractivity contribution in [1.29, 1.82) is 0 Å². The van der Waals surface area contributed by atoms with Crippen molar-refractivity contribution in [2.24, 2.45) is 0 Å². The summed E-state index contributed by atoms with van der Waals surface area (Å²) in [5.41, 5.74) is 2.51. The molecule has 4 heteroatoms. The Balaban J connectivity index is 1.32. The van der Waals surface area contributed by atoms with Gasteiger partial charge in [-0.3, -0.25) is 0 Å². The molecular formula is C24H34O2S2. The second-order valence-corrected chi connectivity index (χ2v) is 9.93. The largest absolute Gasteiger partial charge is 0.377 e. The first kappa shape index (κ1) is 23.3. The smallest absolute Gasteiger partial charge is 0.0716 e. The average Bonchev–Trinajstić information content (AvgIpc) is 2.74. The van der Waals surface area contributed by atoms with E-state index in [2.05, 4.69) is 55.5 Å². The van der Waals surface area contributed by atoms with Crippen LogP contribution >= 0.6 is 21.6 Å². The molecule has 1 unspecified atom stereocenters. The maximum atomic E-state index is 5.76. The molecule has 0 fully saturated rings. The van der Waals surface area contributed by atoms with E-state index in [1.165, 1.54) is 36.1 Å². The van der Waals surface area contributed by atoms with Gasteiger partial charge in [-0.1, -0.05) is 95.6 Å². The van der Waals surface area contributed by atoms with E-state index in [1.54, 1.807) is 0 Å². The van der Waals surface area contributed by atoms with Crippen molar-refractivity contribution >= 4 is 21.6 Å². The van der Waals surface area contributed by atoms with Crippen LogP contribution in [0.1, 0.15) is 50.2 Å². The summed E-state index contributed by atoms with van der Waals surface area (Å²) in [5, 5.41) is 0.694. The maximum absolute atomic E-state index is 5.76. The van der Waals surface area contributed by atoms with Crippen LogP contribution in [0.3, 0.4) is 0 Å². The highest BCUT2D eigenvalue weighted by Gasteiger charge is 2.03. The van der Waals surface area contributed by atoms with Gasteiger partial charge in [0.2, 0.25) is 0 Å². The monoisotopic (exact) mass is 418 g/mol. The van der Waals surface area contributed by atoms with E-state index in [1.807, 2.05) is 33.7 Å². The zero-order chi connectivity index (χ0) is 19.7. The molecule has 28 heavy (non-hydrogen) atoms. The van der Waals surface area contributed by atoms with Gasteiger partial charge in [0.15, 0.2) is 0 Å². The number of ether oxygens (including phenoxy) is 2. The van der Waals surface area contributed by atoms with E-state index < -0.39 is 0 Å². The van der Waals surface area contributed by atoms with Crippen LogP contribution in [0.15, 0.2) is 60.7 Å². The summed E-state index contributed by atoms with van der Waals surface area (Å²) in [6.45, 7) is 5.51. The molecule has 0 saturated heterocycles. The molecule has 2 aromatic carbocycles. The van der Waals surface area contributed by atoms with Gasteiger partial charge in [0.05, 0.1) is 13.2 Å². The first-order valence-corrected chi connectivity index (χ1v) is 12.7. The third-order valence-corrected chi connectivity index (χ3v) is 7.42. The summed E-state index contributed by atoms with van der Waals surface area (Å²) in [6.07, 6.45) is 6.05. The van der Waals surface area contributed by atoms with Crippen molar-refractivity contribution in [1.82, 2.24) is 0 Å². The lowest BCUT2D eigenvalue weighted by Crippen LogP contribution is -2.00. The van der Waals surface area contributed by atoms with Crippen molar-refractivity contribution in [2.45, 2.75) is 57.5 Å². The fourth-order valence-corrected chi connectivity index (χ4v) is 5.30. The van der Waals surface area contributed by atoms with E-state index in [0.717, 1.165) is 39.3 Å². The molecule has 0 heterocycles. The normalized spacial score (nSPS) is 12.2. The lowest BCUT2D eigenvalue weighted by atomic mass is 10.2. The topological polar surface area (TPSA) is 18.5 Å². The van der Waals surface area contributed by atoms with E-state index in [9.17, 15) is 0 Å². The molecule has 154 valence electrons. The van der Waals surface area contributed by atoms with Gasteiger partial charge in [0, 0.05) is 24.2 Å². The Bertz CT molecular complexity index is 592. The summed E-state index contributed by atoms with van der Waals surface area (Å²) in [7, 11) is 4.04. The average molecular weight is 419 g/mol. The van der Waals surface area contributed by atoms with E-state index in [0.29, 0.717) is 5.25 Å². The molecule has 0 bridgehead atoms. The minimum absolute atomic E-state index is 0.694. The molecule has 0 radical (unpaired) electrons. The van der Waals surface area contributed by atoms with Crippen LogP contribution in [0.25, 0.3) is 0 Å². The third-order valence-electron chi connectivity index (χ3n) is 4.37. The summed E-state index contributed by atoms with van der Waals surface area (Å²) in [4.78, 5) is 0. The van der Waals surface area contributed by atoms with Crippen molar-refractivity contribution in [3.05, 3.63) is 71.8 Å². The number of rotatable bonds is 16. The van der Waals surface area contributed by atoms with Gasteiger partial charge in [-0.15, -0.1) is 0 Å². The van der Waals surface area contributed by atoms with E-state index >= 15 is 0 Å². The molecule has 2 rings (SSSR count). The van der Waals surface area contributed by atoms with Crippen LogP contribution in [0.5, 0.6) is 0 Å². The van der Waals surface area contributed by atoms with Gasteiger partial charge in [-0.2, -0.15) is 0 Å². The Morgan fingerprint density at radius 2 is 1.29 bits per heavy atom. The van der Waals surface area contributed by atoms with Crippen LogP contribution in [-0.4, -0.2) is 24.2 Å². The second-order valence-electron chi connectivity index (χ2n) is 7.01. The number of unbranched alkanes of at least 4 members (excludes halogenated alkanes) is 2. The highest BCUT2D eigenvalue weighted by molar-refractivity contribution is 8.76. The zero-order valence-electron chi connectivity index (χ0n) is 17.1. The van der Waals surface area contributed by atoms with Crippen LogP contribution < -0.4 is 0 Å². The summed E-state index contributed by atoms with van der Waals surface area (Å²) in [6, 6.07) is 20.8. The lowest BCUT2D eigenvalue weighted by Gasteiger charge is -2.10. The Morgan fingerprint density at radius 1 is 0.714 bits per heavy atom. The Kier molecular flexibility index (Phi) is 13.3. The van der Waals surface area contributed by atoms with Crippen LogP contribution in [-0.2, 0) is 22.7 Å². The lowest BCUT2D eigenvalue weighted by molar-refractivity contribution is 0.117. The molecule has 0 saturated carbocycles. The Labute approximate surface area is 179 Å². The Morgan fingerprint density at radius 3 is 1.89 bits per heavy atom. The molecule has 0 amide bonds. The highest BCUT2D eigenvalue weighted by Crippen LogP contribution is 2.30. The molecule has 0 aliphatic carbocycles. The second kappa shape index (κ2) is 15.9. The zero-order valence-corrected chi connectivity index (χ0v) is 18.7. The number of hydrogen-bond donors (Lipinski definition) is 0. The van der Waals surface area contributed by atoms with Crippen molar-refractivity contribution < 1.29 is 9.47 Å². The highest BCUT2D eigenvalue weighted by atomic mass is 33.1. The first-order chi connectivity index (χ1) is 13.8. The molecular weight excluding hydrogens is 384 g/mol. The quantitative estimate of drug-likeness (QED) is 0.213. The molecule has 0 aromatic heterocycles. The summed E-state index contributed by atoms with van der Waals surface area (Å²) < 4.78 is 11.5. The molecule has 2 aromatic rings. The van der Waals surface area contributed by atoms with Crippen LogP contribution in [0.2, 0.25) is 0 Å². The minimum Gasteiger partial charge on any atom is -0.377 e. The van der Waals surface area contributed by atoms with E-state index in [4.69, 9.17) is 9.47 Å². The molecule has 0 N–H and O–H groups in total. The van der Waals surface area contributed by atoms with Gasteiger partial charge in [-0.25, -0.2) is 0 Å². The summed E-state index contributed by atoms with van der Waals surface area (Å²) in [5.74, 6) is 1.23. The molecule has 0 aliphatic heterocycles. The van der Waals surface area contributed by atoms with Crippen LogP contribution in [0.4, 0.5) is 0 Å². The van der Waals surface area contributed by atoms with Gasteiger partial charge in [0.25, 0.3) is 0 Å². The van der Waals surface area contributed by atoms with Gasteiger partial charge < -0.3 is 9.47 Å². The van der Waals surface area contributed by atoms with Crippen molar-refractivity contribution in [2.75, 3.05) is 19.0 Å². The molecule has 0 spiro atoms. The van der Waals surface area contributed by atoms with Crippen molar-refractivity contribution in [3.8, 4) is 0 Å². The minimum atomic E-state index is 0.694. The predicted molar refractivity (Wildman–Crippen MR) is 125 cm³/mol. The van der Waals surface area contributed by atoms with Crippen LogP contribution in [0, 0.1) is 0 Å². The SMILES string of the molecule is CC(CCCOCc1ccccc1)SSCCCCCOCc1ccccc1. The van der Waals surface area contributed by atoms with Gasteiger partial charge in [-0.05, 0) is 36.8 Å². The predicted octanol–water partition coefficient (Wildman–Crippen LogP) is 7.14. The Hall–Kier alpha value is -0.940. The van der Waals surface area contributed by atoms with Crippen molar-refractivity contribution in [3.63, 3.8) is 0 Å². The third kappa shape index (κ3) is 11.8. The standard InChI is InChI=1S/C24H34O2S2/c1-22(12-11-18-26-21-24-15-7-3-8-16-24)28-27-19-10-4-9-17-25-20-23-13-5-2-6-14-23/h2-3,5-8,13-16,22H,4,9-12,17-21H2,1H3. The first-order valence-electron chi connectivity index (χ1n) is 10.4. The van der Waals surface area contributed by atoms with E-state index in [-0.39, 0.29) is 0 Å². The molecule has 1 atom stereocenters. The molecule has 0 aliphatic rings.